The van der Waals surface area contributed by atoms with Gasteiger partial charge in [0.25, 0.3) is 0 Å². The zero-order valence-electron chi connectivity index (χ0n) is 16.0. The molecule has 144 valence electrons. The van der Waals surface area contributed by atoms with Crippen molar-refractivity contribution in [2.75, 3.05) is 26.2 Å². The smallest absolute Gasteiger partial charge is 0.224 e. The summed E-state index contributed by atoms with van der Waals surface area (Å²) in [4.78, 5) is 28.6. The first-order valence-corrected chi connectivity index (χ1v) is 9.43. The maximum Gasteiger partial charge on any atom is 0.224 e. The first kappa shape index (κ1) is 20.4. The lowest BCUT2D eigenvalue weighted by molar-refractivity contribution is -0.134. The Kier molecular flexibility index (Phi) is 7.57. The molecule has 1 unspecified atom stereocenters. The van der Waals surface area contributed by atoms with Crippen LogP contribution in [-0.4, -0.2) is 53.8 Å². The fourth-order valence-electron chi connectivity index (χ4n) is 3.35. The van der Waals surface area contributed by atoms with Gasteiger partial charge in [0.1, 0.15) is 5.82 Å². The van der Waals surface area contributed by atoms with Crippen LogP contribution in [0.4, 0.5) is 4.39 Å². The lowest BCUT2D eigenvalue weighted by Crippen LogP contribution is -2.46. The number of rotatable bonds is 7. The van der Waals surface area contributed by atoms with Crippen molar-refractivity contribution in [3.8, 4) is 0 Å². The second kappa shape index (κ2) is 9.67. The molecule has 0 bridgehead atoms. The van der Waals surface area contributed by atoms with Gasteiger partial charge in [-0.2, -0.15) is 0 Å². The van der Waals surface area contributed by atoms with E-state index in [4.69, 9.17) is 0 Å². The molecule has 1 aromatic carbocycles. The monoisotopic (exact) mass is 363 g/mol. The average Bonchev–Trinajstić information content (AvgIpc) is 2.75. The van der Waals surface area contributed by atoms with Crippen LogP contribution in [0, 0.1) is 11.7 Å². The largest absolute Gasteiger partial charge is 0.356 e. The van der Waals surface area contributed by atoms with E-state index in [1.54, 1.807) is 12.1 Å². The molecule has 1 aromatic rings. The van der Waals surface area contributed by atoms with Crippen LogP contribution in [-0.2, 0) is 16.1 Å². The summed E-state index contributed by atoms with van der Waals surface area (Å²) in [5.74, 6) is 0.193. The van der Waals surface area contributed by atoms with Crippen molar-refractivity contribution in [3.63, 3.8) is 0 Å². The maximum absolute atomic E-state index is 13.1. The third-order valence-corrected chi connectivity index (χ3v) is 4.87. The SMILES string of the molecule is CCNC(=O)CCN1CCC(=O)N(Cc2ccc(F)cc2)C(C(C)C)C1. The Labute approximate surface area is 155 Å². The Morgan fingerprint density at radius 1 is 1.31 bits per heavy atom. The minimum absolute atomic E-state index is 0.0485. The van der Waals surface area contributed by atoms with Crippen LogP contribution in [0.2, 0.25) is 0 Å². The number of halogens is 1. The Balaban J connectivity index is 2.06. The van der Waals surface area contributed by atoms with E-state index in [1.807, 2.05) is 11.8 Å². The molecular weight excluding hydrogens is 333 g/mol. The van der Waals surface area contributed by atoms with Gasteiger partial charge in [-0.15, -0.1) is 0 Å². The van der Waals surface area contributed by atoms with Crippen molar-refractivity contribution in [1.82, 2.24) is 15.1 Å². The predicted molar refractivity (Wildman–Crippen MR) is 99.9 cm³/mol. The summed E-state index contributed by atoms with van der Waals surface area (Å²) in [6.07, 6.45) is 0.893. The van der Waals surface area contributed by atoms with Gasteiger partial charge >= 0.3 is 0 Å². The fraction of sp³-hybridized carbons (Fsp3) is 0.600. The first-order valence-electron chi connectivity index (χ1n) is 9.43. The molecule has 1 fully saturated rings. The molecule has 1 saturated heterocycles. The van der Waals surface area contributed by atoms with Crippen molar-refractivity contribution in [3.05, 3.63) is 35.6 Å². The van der Waals surface area contributed by atoms with E-state index in [0.717, 1.165) is 12.1 Å². The molecule has 1 aliphatic heterocycles. The topological polar surface area (TPSA) is 52.7 Å². The molecule has 0 spiro atoms. The first-order chi connectivity index (χ1) is 12.4. The summed E-state index contributed by atoms with van der Waals surface area (Å²) in [7, 11) is 0. The minimum Gasteiger partial charge on any atom is -0.356 e. The number of hydrogen-bond donors (Lipinski definition) is 1. The van der Waals surface area contributed by atoms with Crippen molar-refractivity contribution >= 4 is 11.8 Å². The lowest BCUT2D eigenvalue weighted by atomic mass is 10.0. The molecular formula is C20H30FN3O2. The van der Waals surface area contributed by atoms with Crippen molar-refractivity contribution in [2.45, 2.75) is 46.2 Å². The molecule has 6 heteroatoms. The van der Waals surface area contributed by atoms with Gasteiger partial charge in [-0.1, -0.05) is 26.0 Å². The maximum atomic E-state index is 13.1. The molecule has 2 rings (SSSR count). The van der Waals surface area contributed by atoms with Gasteiger partial charge in [-0.25, -0.2) is 4.39 Å². The van der Waals surface area contributed by atoms with Crippen LogP contribution in [0.15, 0.2) is 24.3 Å². The Bertz CT molecular complexity index is 604. The van der Waals surface area contributed by atoms with Gasteiger partial charge < -0.3 is 15.1 Å². The van der Waals surface area contributed by atoms with Gasteiger partial charge in [-0.05, 0) is 30.5 Å². The number of benzene rings is 1. The Hall–Kier alpha value is -1.95. The van der Waals surface area contributed by atoms with E-state index in [2.05, 4.69) is 24.1 Å². The number of carbonyl (C=O) groups is 2. The normalized spacial score (nSPS) is 18.9. The van der Waals surface area contributed by atoms with Crippen molar-refractivity contribution in [1.29, 1.82) is 0 Å². The molecule has 0 aliphatic carbocycles. The summed E-state index contributed by atoms with van der Waals surface area (Å²) in [5, 5.41) is 2.82. The zero-order chi connectivity index (χ0) is 19.1. The van der Waals surface area contributed by atoms with E-state index in [0.29, 0.717) is 44.9 Å². The molecule has 0 saturated carbocycles. The van der Waals surface area contributed by atoms with Crippen molar-refractivity contribution < 1.29 is 14.0 Å². The van der Waals surface area contributed by atoms with E-state index in [-0.39, 0.29) is 23.7 Å². The second-order valence-corrected chi connectivity index (χ2v) is 7.21. The Morgan fingerprint density at radius 2 is 2.00 bits per heavy atom. The summed E-state index contributed by atoms with van der Waals surface area (Å²) in [6, 6.07) is 6.40. The molecule has 0 radical (unpaired) electrons. The summed E-state index contributed by atoms with van der Waals surface area (Å²) < 4.78 is 13.1. The second-order valence-electron chi connectivity index (χ2n) is 7.21. The van der Waals surface area contributed by atoms with Crippen LogP contribution in [0.5, 0.6) is 0 Å². The van der Waals surface area contributed by atoms with Crippen LogP contribution in [0.1, 0.15) is 39.2 Å². The standard InChI is InChI=1S/C20H30FN3O2/c1-4-22-19(25)9-11-23-12-10-20(26)24(18(14-23)15(2)3)13-16-5-7-17(21)8-6-16/h5-8,15,18H,4,9-14H2,1-3H3,(H,22,25). The highest BCUT2D eigenvalue weighted by atomic mass is 19.1. The van der Waals surface area contributed by atoms with E-state index < -0.39 is 0 Å². The molecule has 1 atom stereocenters. The average molecular weight is 363 g/mol. The number of amides is 2. The number of hydrogen-bond acceptors (Lipinski definition) is 3. The van der Waals surface area contributed by atoms with Gasteiger partial charge in [0, 0.05) is 51.6 Å². The molecule has 5 nitrogen and oxygen atoms in total. The van der Waals surface area contributed by atoms with E-state index in [1.165, 1.54) is 12.1 Å². The fourth-order valence-corrected chi connectivity index (χ4v) is 3.35. The summed E-state index contributed by atoms with van der Waals surface area (Å²) in [5.41, 5.74) is 0.932. The van der Waals surface area contributed by atoms with Crippen LogP contribution in [0.3, 0.4) is 0 Å². The quantitative estimate of drug-likeness (QED) is 0.809. The summed E-state index contributed by atoms with van der Waals surface area (Å²) >= 11 is 0. The third kappa shape index (κ3) is 5.80. The number of nitrogens with one attached hydrogen (secondary N) is 1. The van der Waals surface area contributed by atoms with Crippen LogP contribution >= 0.6 is 0 Å². The van der Waals surface area contributed by atoms with Gasteiger partial charge in [0.15, 0.2) is 0 Å². The highest BCUT2D eigenvalue weighted by Crippen LogP contribution is 2.21. The molecule has 1 aliphatic rings. The number of carbonyl (C=O) groups excluding carboxylic acids is 2. The number of nitrogens with zero attached hydrogens (tertiary/aromatic N) is 2. The van der Waals surface area contributed by atoms with Crippen LogP contribution < -0.4 is 5.32 Å². The van der Waals surface area contributed by atoms with Gasteiger partial charge in [-0.3, -0.25) is 9.59 Å². The zero-order valence-corrected chi connectivity index (χ0v) is 16.0. The lowest BCUT2D eigenvalue weighted by Gasteiger charge is -2.35. The minimum atomic E-state index is -0.270. The molecule has 1 N–H and O–H groups in total. The predicted octanol–water partition coefficient (Wildman–Crippen LogP) is 2.41. The van der Waals surface area contributed by atoms with E-state index in [9.17, 15) is 14.0 Å². The van der Waals surface area contributed by atoms with Crippen molar-refractivity contribution in [2.24, 2.45) is 5.92 Å². The third-order valence-electron chi connectivity index (χ3n) is 4.87. The van der Waals surface area contributed by atoms with E-state index >= 15 is 0 Å². The highest BCUT2D eigenvalue weighted by molar-refractivity contribution is 5.77. The van der Waals surface area contributed by atoms with Gasteiger partial charge in [0.2, 0.25) is 11.8 Å². The highest BCUT2D eigenvalue weighted by Gasteiger charge is 2.31. The molecule has 0 aromatic heterocycles. The molecule has 2 amide bonds. The van der Waals surface area contributed by atoms with Gasteiger partial charge in [0.05, 0.1) is 0 Å². The van der Waals surface area contributed by atoms with Crippen LogP contribution in [0.25, 0.3) is 0 Å². The molecule has 1 heterocycles. The molecule has 26 heavy (non-hydrogen) atoms. The Morgan fingerprint density at radius 3 is 2.62 bits per heavy atom. The summed E-state index contributed by atoms with van der Waals surface area (Å²) in [6.45, 7) is 9.35.